The lowest BCUT2D eigenvalue weighted by molar-refractivity contribution is 0.363. The molecule has 0 heterocycles. The van der Waals surface area contributed by atoms with Gasteiger partial charge in [-0.25, -0.2) is 0 Å². The summed E-state index contributed by atoms with van der Waals surface area (Å²) in [5.74, 6) is 4.78. The van der Waals surface area contributed by atoms with Crippen LogP contribution in [0.15, 0.2) is 53.4 Å². The van der Waals surface area contributed by atoms with Crippen molar-refractivity contribution in [2.75, 3.05) is 0 Å². The number of unbranched alkanes of at least 4 members (excludes halogenated alkanes) is 2. The molecular formula is C19H19F5S. The zero-order chi connectivity index (χ0) is 18.6. The van der Waals surface area contributed by atoms with Crippen LogP contribution in [0.25, 0.3) is 0 Å². The first kappa shape index (κ1) is 19.3. The van der Waals surface area contributed by atoms with E-state index in [1.165, 1.54) is 6.07 Å². The first-order valence-corrected chi connectivity index (χ1v) is 9.89. The number of rotatable bonds is 5. The molecule has 0 radical (unpaired) electrons. The van der Waals surface area contributed by atoms with E-state index in [1.54, 1.807) is 12.1 Å². The van der Waals surface area contributed by atoms with E-state index in [0.717, 1.165) is 43.4 Å². The normalized spacial score (nSPS) is 14.2. The monoisotopic (exact) mass is 374 g/mol. The van der Waals surface area contributed by atoms with E-state index < -0.39 is 20.7 Å². The van der Waals surface area contributed by atoms with Gasteiger partial charge in [0.25, 0.3) is 0 Å². The van der Waals surface area contributed by atoms with E-state index in [9.17, 15) is 19.4 Å². The van der Waals surface area contributed by atoms with Crippen molar-refractivity contribution in [3.63, 3.8) is 0 Å². The van der Waals surface area contributed by atoms with Gasteiger partial charge in [0, 0.05) is 11.1 Å². The fourth-order valence-corrected chi connectivity index (χ4v) is 3.25. The van der Waals surface area contributed by atoms with Crippen molar-refractivity contribution in [1.82, 2.24) is 0 Å². The number of hydrogen-bond acceptors (Lipinski definition) is 0. The maximum atomic E-state index is 13.1. The zero-order valence-corrected chi connectivity index (χ0v) is 14.6. The maximum Gasteiger partial charge on any atom is 0.311 e. The van der Waals surface area contributed by atoms with Crippen LogP contribution in [0.2, 0.25) is 0 Å². The predicted molar refractivity (Wildman–Crippen MR) is 93.5 cm³/mol. The van der Waals surface area contributed by atoms with E-state index in [0.29, 0.717) is 11.6 Å². The summed E-state index contributed by atoms with van der Waals surface area (Å²) >= 11 is 0. The van der Waals surface area contributed by atoms with Crippen LogP contribution < -0.4 is 0 Å². The molecule has 2 rings (SSSR count). The quantitative estimate of drug-likeness (QED) is 0.289. The Balaban J connectivity index is 2.26. The second-order valence-corrected chi connectivity index (χ2v) is 8.25. The van der Waals surface area contributed by atoms with E-state index in [1.807, 2.05) is 12.1 Å². The average Bonchev–Trinajstić information content (AvgIpc) is 2.52. The molecule has 0 amide bonds. The molecule has 0 aromatic heterocycles. The largest absolute Gasteiger partial charge is 0.311 e. The topological polar surface area (TPSA) is 0 Å². The van der Waals surface area contributed by atoms with Crippen molar-refractivity contribution in [3.8, 4) is 11.8 Å². The molecule has 136 valence electrons. The summed E-state index contributed by atoms with van der Waals surface area (Å²) in [6.45, 7) is 2.11. The first-order chi connectivity index (χ1) is 11.5. The van der Waals surface area contributed by atoms with Gasteiger partial charge in [-0.2, -0.15) is 0 Å². The number of hydrogen-bond donors (Lipinski definition) is 0. The molecule has 0 fully saturated rings. The van der Waals surface area contributed by atoms with Crippen LogP contribution >= 0.6 is 10.2 Å². The minimum Gasteiger partial charge on any atom is -0.0936 e. The Hall–Kier alpha value is -2.00. The lowest BCUT2D eigenvalue weighted by atomic mass is 10.1. The van der Waals surface area contributed by atoms with Gasteiger partial charge in [0.15, 0.2) is 0 Å². The Bertz CT molecular complexity index is 796. The fraction of sp³-hybridized carbons (Fsp3) is 0.263. The number of halogens is 5. The van der Waals surface area contributed by atoms with Crippen LogP contribution in [0.1, 0.15) is 42.9 Å². The molecule has 6 heteroatoms. The van der Waals surface area contributed by atoms with Gasteiger partial charge in [0.1, 0.15) is 4.90 Å². The zero-order valence-electron chi connectivity index (χ0n) is 13.7. The molecule has 2 aromatic rings. The van der Waals surface area contributed by atoms with Crippen molar-refractivity contribution >= 4 is 10.2 Å². The summed E-state index contributed by atoms with van der Waals surface area (Å²) in [7, 11) is -9.76. The molecule has 0 unspecified atom stereocenters. The first-order valence-electron chi connectivity index (χ1n) is 7.94. The van der Waals surface area contributed by atoms with Crippen LogP contribution in [0.4, 0.5) is 19.4 Å². The minimum atomic E-state index is -9.76. The predicted octanol–water partition coefficient (Wildman–Crippen LogP) is 7.48. The molecular weight excluding hydrogens is 355 g/mol. The van der Waals surface area contributed by atoms with E-state index in [-0.39, 0.29) is 0 Å². The van der Waals surface area contributed by atoms with E-state index in [2.05, 4.69) is 18.8 Å². The molecule has 0 aliphatic carbocycles. The smallest absolute Gasteiger partial charge is 0.0936 e. The third-order valence-corrected chi connectivity index (χ3v) is 4.85. The van der Waals surface area contributed by atoms with Gasteiger partial charge in [-0.3, -0.25) is 0 Å². The number of benzene rings is 2. The lowest BCUT2D eigenvalue weighted by Gasteiger charge is -2.41. The molecule has 0 spiro atoms. The van der Waals surface area contributed by atoms with Crippen molar-refractivity contribution in [3.05, 3.63) is 65.2 Å². The molecule has 0 N–H and O–H groups in total. The summed E-state index contributed by atoms with van der Waals surface area (Å²) < 4.78 is 65.3. The highest BCUT2D eigenvalue weighted by atomic mass is 32.5. The fourth-order valence-electron chi connectivity index (χ4n) is 2.38. The summed E-state index contributed by atoms with van der Waals surface area (Å²) in [6, 6.07) is 10.6. The highest BCUT2D eigenvalue weighted by Crippen LogP contribution is 3.02. The summed E-state index contributed by atoms with van der Waals surface area (Å²) in [5, 5.41) is 0. The number of aryl methyl sites for hydroxylation is 1. The van der Waals surface area contributed by atoms with Gasteiger partial charge < -0.3 is 0 Å². The van der Waals surface area contributed by atoms with Gasteiger partial charge in [0.2, 0.25) is 0 Å². The summed E-state index contributed by atoms with van der Waals surface area (Å²) in [5.41, 5.74) is 0.885. The summed E-state index contributed by atoms with van der Waals surface area (Å²) in [4.78, 5) is -1.94. The van der Waals surface area contributed by atoms with E-state index >= 15 is 0 Å². The van der Waals surface area contributed by atoms with E-state index in [4.69, 9.17) is 0 Å². The Morgan fingerprint density at radius 2 is 1.44 bits per heavy atom. The van der Waals surface area contributed by atoms with Crippen molar-refractivity contribution < 1.29 is 19.4 Å². The Kier molecular flexibility index (Phi) is 4.93. The molecule has 0 nitrogen and oxygen atoms in total. The Labute approximate surface area is 144 Å². The highest BCUT2D eigenvalue weighted by molar-refractivity contribution is 8.45. The molecule has 0 saturated carbocycles. The summed E-state index contributed by atoms with van der Waals surface area (Å²) in [6.07, 6.45) is 4.25. The molecule has 0 bridgehead atoms. The van der Waals surface area contributed by atoms with Gasteiger partial charge in [0.05, 0.1) is 0 Å². The van der Waals surface area contributed by atoms with Crippen LogP contribution in [0, 0.1) is 11.8 Å². The van der Waals surface area contributed by atoms with Crippen LogP contribution in [0.3, 0.4) is 0 Å². The van der Waals surface area contributed by atoms with Crippen molar-refractivity contribution in [1.29, 1.82) is 0 Å². The molecule has 0 aliphatic heterocycles. The average molecular weight is 374 g/mol. The van der Waals surface area contributed by atoms with Crippen LogP contribution in [0.5, 0.6) is 0 Å². The Morgan fingerprint density at radius 1 is 0.800 bits per heavy atom. The third-order valence-electron chi connectivity index (χ3n) is 3.67. The molecule has 25 heavy (non-hydrogen) atoms. The van der Waals surface area contributed by atoms with Crippen LogP contribution in [-0.2, 0) is 6.42 Å². The lowest BCUT2D eigenvalue weighted by Crippen LogP contribution is -2.08. The van der Waals surface area contributed by atoms with Crippen molar-refractivity contribution in [2.24, 2.45) is 0 Å². The SMILES string of the molecule is CCCCCc1ccc(C#Cc2ccccc2S(F)(F)(F)(F)F)cc1. The second-order valence-electron chi connectivity index (χ2n) is 5.87. The highest BCUT2D eigenvalue weighted by Gasteiger charge is 2.66. The Morgan fingerprint density at radius 3 is 2.04 bits per heavy atom. The second kappa shape index (κ2) is 6.38. The minimum absolute atomic E-state index is 0.377. The van der Waals surface area contributed by atoms with Gasteiger partial charge in [-0.1, -0.05) is 75.3 Å². The third kappa shape index (κ3) is 5.79. The van der Waals surface area contributed by atoms with Crippen LogP contribution in [-0.4, -0.2) is 0 Å². The molecule has 0 aliphatic rings. The van der Waals surface area contributed by atoms with Crippen molar-refractivity contribution in [2.45, 2.75) is 37.5 Å². The molecule has 2 aromatic carbocycles. The van der Waals surface area contributed by atoms with Gasteiger partial charge in [-0.05, 0) is 42.7 Å². The molecule has 0 atom stereocenters. The van der Waals surface area contributed by atoms with Gasteiger partial charge >= 0.3 is 10.2 Å². The maximum absolute atomic E-state index is 13.1. The standard InChI is InChI=1S/C19H19F5S/c1-2-3-4-7-16-10-12-17(13-11-16)14-15-18-8-5-6-9-19(18)25(20,21,22,23)24/h5-6,8-13H,2-4,7H2,1H3. The van der Waals surface area contributed by atoms with Gasteiger partial charge in [-0.15, -0.1) is 0 Å². The molecule has 0 saturated heterocycles.